The summed E-state index contributed by atoms with van der Waals surface area (Å²) in [5, 5.41) is 8.49. The number of alkyl halides is 1. The van der Waals surface area contributed by atoms with Crippen LogP contribution in [0.5, 0.6) is 0 Å². The lowest BCUT2D eigenvalue weighted by atomic mass is 9.86. The van der Waals surface area contributed by atoms with Crippen LogP contribution in [0.25, 0.3) is 0 Å². The number of carbonyl (C=O) groups is 1. The molecule has 0 bridgehead atoms. The molecule has 1 saturated carbocycles. The Labute approximate surface area is 123 Å². The second-order valence-electron chi connectivity index (χ2n) is 5.27. The van der Waals surface area contributed by atoms with Crippen LogP contribution in [-0.2, 0) is 6.54 Å². The van der Waals surface area contributed by atoms with Crippen molar-refractivity contribution in [3.63, 3.8) is 0 Å². The molecular formula is C14H22BrN3O. The minimum atomic E-state index is 0.0142. The molecule has 2 rings (SSSR count). The van der Waals surface area contributed by atoms with Crippen molar-refractivity contribution < 1.29 is 4.79 Å². The lowest BCUT2D eigenvalue weighted by Gasteiger charge is -2.30. The highest BCUT2D eigenvalue weighted by Crippen LogP contribution is 2.26. The molecule has 1 amide bonds. The normalized spacial score (nSPS) is 23.3. The summed E-state index contributed by atoms with van der Waals surface area (Å²) in [7, 11) is 0. The summed E-state index contributed by atoms with van der Waals surface area (Å²) in [6, 6.07) is 2.16. The van der Waals surface area contributed by atoms with E-state index in [2.05, 4.69) is 26.3 Å². The van der Waals surface area contributed by atoms with Crippen LogP contribution in [0.1, 0.15) is 48.8 Å². The van der Waals surface area contributed by atoms with Gasteiger partial charge in [0.05, 0.1) is 5.69 Å². The third-order valence-electron chi connectivity index (χ3n) is 3.86. The molecule has 2 unspecified atom stereocenters. The molecule has 0 aromatic carbocycles. The molecule has 19 heavy (non-hydrogen) atoms. The summed E-state index contributed by atoms with van der Waals surface area (Å²) in [6.07, 6.45) is 4.76. The smallest absolute Gasteiger partial charge is 0.269 e. The average molecular weight is 328 g/mol. The lowest BCUT2D eigenvalue weighted by Crippen LogP contribution is -2.43. The van der Waals surface area contributed by atoms with Gasteiger partial charge in [0.25, 0.3) is 5.91 Å². The third kappa shape index (κ3) is 3.38. The van der Waals surface area contributed by atoms with Gasteiger partial charge in [-0.1, -0.05) is 28.8 Å². The van der Waals surface area contributed by atoms with Crippen molar-refractivity contribution in [2.75, 3.05) is 5.33 Å². The second-order valence-corrected chi connectivity index (χ2v) is 5.91. The van der Waals surface area contributed by atoms with Crippen molar-refractivity contribution in [3.05, 3.63) is 17.5 Å². The summed E-state index contributed by atoms with van der Waals surface area (Å²) in [4.78, 5) is 12.4. The number of amides is 1. The number of halogens is 1. The largest absolute Gasteiger partial charge is 0.348 e. The van der Waals surface area contributed by atoms with Crippen LogP contribution in [-0.4, -0.2) is 27.1 Å². The maximum atomic E-state index is 12.4. The van der Waals surface area contributed by atoms with Gasteiger partial charge in [-0.05, 0) is 38.7 Å². The van der Waals surface area contributed by atoms with Gasteiger partial charge in [-0.3, -0.25) is 9.48 Å². The Hall–Kier alpha value is -0.840. The van der Waals surface area contributed by atoms with E-state index in [9.17, 15) is 4.79 Å². The molecule has 4 nitrogen and oxygen atoms in total. The van der Waals surface area contributed by atoms with Crippen molar-refractivity contribution in [3.8, 4) is 0 Å². The zero-order valence-electron chi connectivity index (χ0n) is 11.7. The van der Waals surface area contributed by atoms with Crippen molar-refractivity contribution in [2.45, 2.75) is 52.1 Å². The molecule has 0 radical (unpaired) electrons. The van der Waals surface area contributed by atoms with Gasteiger partial charge in [0.1, 0.15) is 5.69 Å². The minimum Gasteiger partial charge on any atom is -0.348 e. The monoisotopic (exact) mass is 327 g/mol. The zero-order valence-corrected chi connectivity index (χ0v) is 13.2. The Kier molecular flexibility index (Phi) is 5.02. The molecule has 2 atom stereocenters. The van der Waals surface area contributed by atoms with Crippen LogP contribution in [0.3, 0.4) is 0 Å². The maximum absolute atomic E-state index is 12.4. The number of aromatic nitrogens is 2. The predicted octanol–water partition coefficient (Wildman–Crippen LogP) is 2.89. The van der Waals surface area contributed by atoms with E-state index in [4.69, 9.17) is 0 Å². The molecule has 106 valence electrons. The Morgan fingerprint density at radius 1 is 1.53 bits per heavy atom. The quantitative estimate of drug-likeness (QED) is 0.864. The Balaban J connectivity index is 2.07. The predicted molar refractivity (Wildman–Crippen MR) is 79.6 cm³/mol. The van der Waals surface area contributed by atoms with Gasteiger partial charge in [0.15, 0.2) is 0 Å². The van der Waals surface area contributed by atoms with Crippen LogP contribution >= 0.6 is 15.9 Å². The van der Waals surface area contributed by atoms with Crippen LogP contribution in [0.15, 0.2) is 6.07 Å². The summed E-state index contributed by atoms with van der Waals surface area (Å²) in [5.41, 5.74) is 1.58. The topological polar surface area (TPSA) is 46.9 Å². The molecule has 1 aliphatic carbocycles. The molecule has 1 aliphatic rings. The first-order valence-electron chi connectivity index (χ1n) is 7.07. The summed E-state index contributed by atoms with van der Waals surface area (Å²) in [5.74, 6) is 0.567. The number of rotatable bonds is 4. The van der Waals surface area contributed by atoms with Crippen molar-refractivity contribution in [1.82, 2.24) is 15.1 Å². The zero-order chi connectivity index (χ0) is 13.8. The number of hydrogen-bond donors (Lipinski definition) is 1. The second kappa shape index (κ2) is 6.55. The standard InChI is InChI=1S/C14H22BrN3O/c1-3-18-13(8-10(2)17-18)14(19)16-12-7-5-4-6-11(12)9-15/h8,11-12H,3-7,9H2,1-2H3,(H,16,19). The van der Waals surface area contributed by atoms with Crippen LogP contribution in [0.4, 0.5) is 0 Å². The fourth-order valence-electron chi connectivity index (χ4n) is 2.79. The molecule has 1 fully saturated rings. The minimum absolute atomic E-state index is 0.0142. The average Bonchev–Trinajstić information content (AvgIpc) is 2.80. The molecule has 1 aromatic heterocycles. The molecule has 0 aliphatic heterocycles. The van der Waals surface area contributed by atoms with Crippen LogP contribution in [0, 0.1) is 12.8 Å². The Morgan fingerprint density at radius 2 is 2.26 bits per heavy atom. The van der Waals surface area contributed by atoms with E-state index in [-0.39, 0.29) is 5.91 Å². The molecule has 1 N–H and O–H groups in total. The van der Waals surface area contributed by atoms with Crippen molar-refractivity contribution >= 4 is 21.8 Å². The summed E-state index contributed by atoms with van der Waals surface area (Å²) in [6.45, 7) is 4.65. The van der Waals surface area contributed by atoms with Crippen LogP contribution in [0.2, 0.25) is 0 Å². The molecular weight excluding hydrogens is 306 g/mol. The molecule has 5 heteroatoms. The van der Waals surface area contributed by atoms with E-state index in [1.807, 2.05) is 19.9 Å². The number of nitrogens with one attached hydrogen (secondary N) is 1. The van der Waals surface area contributed by atoms with E-state index >= 15 is 0 Å². The number of carbonyl (C=O) groups excluding carboxylic acids is 1. The summed E-state index contributed by atoms with van der Waals surface area (Å²) >= 11 is 3.56. The van der Waals surface area contributed by atoms with E-state index < -0.39 is 0 Å². The van der Waals surface area contributed by atoms with Gasteiger partial charge in [0.2, 0.25) is 0 Å². The van der Waals surface area contributed by atoms with E-state index in [0.29, 0.717) is 17.7 Å². The fraction of sp³-hybridized carbons (Fsp3) is 0.714. The molecule has 0 spiro atoms. The third-order valence-corrected chi connectivity index (χ3v) is 4.69. The van der Waals surface area contributed by atoms with E-state index in [1.54, 1.807) is 4.68 Å². The van der Waals surface area contributed by atoms with Gasteiger partial charge in [-0.2, -0.15) is 5.10 Å². The van der Waals surface area contributed by atoms with Gasteiger partial charge in [-0.25, -0.2) is 0 Å². The van der Waals surface area contributed by atoms with Gasteiger partial charge >= 0.3 is 0 Å². The molecule has 1 heterocycles. The SMILES string of the molecule is CCn1nc(C)cc1C(=O)NC1CCCCC1CBr. The molecule has 1 aromatic rings. The van der Waals surface area contributed by atoms with Crippen LogP contribution < -0.4 is 5.32 Å². The van der Waals surface area contributed by atoms with Gasteiger partial charge in [-0.15, -0.1) is 0 Å². The first-order valence-corrected chi connectivity index (χ1v) is 8.19. The number of hydrogen-bond acceptors (Lipinski definition) is 2. The highest BCUT2D eigenvalue weighted by Gasteiger charge is 2.26. The maximum Gasteiger partial charge on any atom is 0.269 e. The Bertz CT molecular complexity index is 444. The van der Waals surface area contributed by atoms with Crippen molar-refractivity contribution in [2.24, 2.45) is 5.92 Å². The summed E-state index contributed by atoms with van der Waals surface area (Å²) < 4.78 is 1.77. The lowest BCUT2D eigenvalue weighted by molar-refractivity contribution is 0.0900. The highest BCUT2D eigenvalue weighted by molar-refractivity contribution is 9.09. The van der Waals surface area contributed by atoms with E-state index in [0.717, 1.165) is 24.0 Å². The Morgan fingerprint density at radius 3 is 2.95 bits per heavy atom. The van der Waals surface area contributed by atoms with Crippen molar-refractivity contribution in [1.29, 1.82) is 0 Å². The highest BCUT2D eigenvalue weighted by atomic mass is 79.9. The number of nitrogens with zero attached hydrogens (tertiary/aromatic N) is 2. The van der Waals surface area contributed by atoms with Gasteiger partial charge in [0, 0.05) is 17.9 Å². The first kappa shape index (κ1) is 14.6. The first-order chi connectivity index (χ1) is 9.15. The fourth-order valence-corrected chi connectivity index (χ4v) is 3.57. The number of aryl methyl sites for hydroxylation is 2. The molecule has 0 saturated heterocycles. The van der Waals surface area contributed by atoms with Gasteiger partial charge < -0.3 is 5.32 Å². The van der Waals surface area contributed by atoms with E-state index in [1.165, 1.54) is 19.3 Å².